The normalized spacial score (nSPS) is 18.6. The van der Waals surface area contributed by atoms with Crippen molar-refractivity contribution in [3.8, 4) is 0 Å². The Hall–Kier alpha value is -0.890. The molecule has 0 radical (unpaired) electrons. The lowest BCUT2D eigenvalue weighted by Crippen LogP contribution is -2.44. The van der Waals surface area contributed by atoms with Crippen LogP contribution in [0.25, 0.3) is 0 Å². The fraction of sp³-hybridized carbons (Fsp3) is 0.588. The second kappa shape index (κ2) is 10.8. The smallest absolute Gasteiger partial charge is 0.191 e. The van der Waals surface area contributed by atoms with E-state index in [2.05, 4.69) is 27.4 Å². The maximum Gasteiger partial charge on any atom is 0.191 e. The highest BCUT2D eigenvalue weighted by Crippen LogP contribution is 2.15. The van der Waals surface area contributed by atoms with E-state index in [1.165, 1.54) is 25.5 Å². The molecule has 0 bridgehead atoms. The molecule has 1 aromatic rings. The van der Waals surface area contributed by atoms with Gasteiger partial charge in [0.1, 0.15) is 5.82 Å². The quantitative estimate of drug-likeness (QED) is 0.411. The Morgan fingerprint density at radius 3 is 2.78 bits per heavy atom. The Morgan fingerprint density at radius 1 is 1.30 bits per heavy atom. The number of halogens is 2. The zero-order valence-corrected chi connectivity index (χ0v) is 16.3. The SMILES string of the molecule is CCNC(=NCc1ccccc1F)NCC1CCCN1CC.I. The van der Waals surface area contributed by atoms with Gasteiger partial charge in [0.15, 0.2) is 5.96 Å². The highest BCUT2D eigenvalue weighted by atomic mass is 127. The van der Waals surface area contributed by atoms with Crippen LogP contribution in [0.2, 0.25) is 0 Å². The fourth-order valence-corrected chi connectivity index (χ4v) is 2.89. The van der Waals surface area contributed by atoms with Crippen molar-refractivity contribution in [1.29, 1.82) is 0 Å². The van der Waals surface area contributed by atoms with E-state index in [9.17, 15) is 4.39 Å². The van der Waals surface area contributed by atoms with Crippen molar-refractivity contribution in [3.63, 3.8) is 0 Å². The second-order valence-electron chi connectivity index (χ2n) is 5.59. The number of hydrogen-bond acceptors (Lipinski definition) is 2. The van der Waals surface area contributed by atoms with Crippen LogP contribution in [0.3, 0.4) is 0 Å². The Kier molecular flexibility index (Phi) is 9.47. The summed E-state index contributed by atoms with van der Waals surface area (Å²) in [5.41, 5.74) is 0.621. The average Bonchev–Trinajstić information content (AvgIpc) is 2.99. The maximum absolute atomic E-state index is 13.6. The molecule has 130 valence electrons. The third-order valence-electron chi connectivity index (χ3n) is 4.12. The van der Waals surface area contributed by atoms with Gasteiger partial charge in [0, 0.05) is 24.7 Å². The molecule has 0 spiro atoms. The van der Waals surface area contributed by atoms with Gasteiger partial charge < -0.3 is 10.6 Å². The molecule has 1 fully saturated rings. The molecular formula is C17H28FIN4. The molecule has 1 aliphatic heterocycles. The van der Waals surface area contributed by atoms with Crippen LogP contribution in [0.15, 0.2) is 29.3 Å². The molecule has 1 aromatic carbocycles. The predicted octanol–water partition coefficient (Wildman–Crippen LogP) is 2.98. The molecule has 1 aliphatic rings. The van der Waals surface area contributed by atoms with Gasteiger partial charge in [0.2, 0.25) is 0 Å². The Labute approximate surface area is 156 Å². The van der Waals surface area contributed by atoms with E-state index in [0.29, 0.717) is 18.2 Å². The van der Waals surface area contributed by atoms with Gasteiger partial charge in [-0.05, 0) is 38.9 Å². The number of nitrogens with one attached hydrogen (secondary N) is 2. The summed E-state index contributed by atoms with van der Waals surface area (Å²) in [6.07, 6.45) is 2.50. The van der Waals surface area contributed by atoms with Crippen molar-refractivity contribution in [1.82, 2.24) is 15.5 Å². The molecule has 0 aromatic heterocycles. The third-order valence-corrected chi connectivity index (χ3v) is 4.12. The summed E-state index contributed by atoms with van der Waals surface area (Å²) in [6, 6.07) is 7.36. The molecule has 0 saturated carbocycles. The Morgan fingerprint density at radius 2 is 2.09 bits per heavy atom. The first kappa shape index (κ1) is 20.2. The highest BCUT2D eigenvalue weighted by Gasteiger charge is 2.22. The van der Waals surface area contributed by atoms with Gasteiger partial charge in [-0.15, -0.1) is 24.0 Å². The molecule has 23 heavy (non-hydrogen) atoms. The van der Waals surface area contributed by atoms with E-state index >= 15 is 0 Å². The van der Waals surface area contributed by atoms with Gasteiger partial charge in [-0.3, -0.25) is 4.90 Å². The maximum atomic E-state index is 13.6. The number of hydrogen-bond donors (Lipinski definition) is 2. The first-order chi connectivity index (χ1) is 10.7. The molecule has 2 N–H and O–H groups in total. The summed E-state index contributed by atoms with van der Waals surface area (Å²) in [6.45, 7) is 8.55. The minimum absolute atomic E-state index is 0. The summed E-state index contributed by atoms with van der Waals surface area (Å²) in [7, 11) is 0. The highest BCUT2D eigenvalue weighted by molar-refractivity contribution is 14.0. The van der Waals surface area contributed by atoms with E-state index < -0.39 is 0 Å². The van der Waals surface area contributed by atoms with Crippen LogP contribution in [0.1, 0.15) is 32.3 Å². The zero-order valence-electron chi connectivity index (χ0n) is 14.0. The van der Waals surface area contributed by atoms with E-state index in [1.807, 2.05) is 13.0 Å². The van der Waals surface area contributed by atoms with E-state index in [1.54, 1.807) is 12.1 Å². The topological polar surface area (TPSA) is 39.7 Å². The van der Waals surface area contributed by atoms with Crippen LogP contribution < -0.4 is 10.6 Å². The lowest BCUT2D eigenvalue weighted by molar-refractivity contribution is 0.267. The number of nitrogens with zero attached hydrogens (tertiary/aromatic N) is 2. The van der Waals surface area contributed by atoms with Gasteiger partial charge >= 0.3 is 0 Å². The van der Waals surface area contributed by atoms with E-state index in [-0.39, 0.29) is 29.8 Å². The van der Waals surface area contributed by atoms with Crippen LogP contribution in [0.4, 0.5) is 4.39 Å². The molecule has 0 amide bonds. The van der Waals surface area contributed by atoms with Gasteiger partial charge in [-0.25, -0.2) is 9.38 Å². The predicted molar refractivity (Wildman–Crippen MR) is 105 cm³/mol. The number of aliphatic imine (C=N–C) groups is 1. The number of guanidine groups is 1. The minimum Gasteiger partial charge on any atom is -0.357 e. The van der Waals surface area contributed by atoms with E-state index in [4.69, 9.17) is 0 Å². The second-order valence-corrected chi connectivity index (χ2v) is 5.59. The third kappa shape index (κ3) is 6.25. The molecule has 4 nitrogen and oxygen atoms in total. The van der Waals surface area contributed by atoms with E-state index in [0.717, 1.165) is 25.6 Å². The van der Waals surface area contributed by atoms with Crippen molar-refractivity contribution in [2.24, 2.45) is 4.99 Å². The summed E-state index contributed by atoms with van der Waals surface area (Å²) in [5, 5.41) is 6.62. The first-order valence-corrected chi connectivity index (χ1v) is 8.24. The van der Waals surface area contributed by atoms with Crippen molar-refractivity contribution in [2.75, 3.05) is 26.2 Å². The molecule has 0 aliphatic carbocycles. The lowest BCUT2D eigenvalue weighted by atomic mass is 10.2. The average molecular weight is 434 g/mol. The number of likely N-dealkylation sites (N-methyl/N-ethyl adjacent to an activating group) is 1. The fourth-order valence-electron chi connectivity index (χ4n) is 2.89. The summed E-state index contributed by atoms with van der Waals surface area (Å²) in [5.74, 6) is 0.559. The zero-order chi connectivity index (χ0) is 15.8. The summed E-state index contributed by atoms with van der Waals surface area (Å²) in [4.78, 5) is 6.99. The molecule has 1 saturated heterocycles. The molecule has 1 heterocycles. The van der Waals surface area contributed by atoms with Crippen molar-refractivity contribution in [3.05, 3.63) is 35.6 Å². The molecule has 1 atom stereocenters. The molecule has 6 heteroatoms. The van der Waals surface area contributed by atoms with Crippen LogP contribution >= 0.6 is 24.0 Å². The number of rotatable bonds is 6. The number of likely N-dealkylation sites (tertiary alicyclic amines) is 1. The molecular weight excluding hydrogens is 406 g/mol. The summed E-state index contributed by atoms with van der Waals surface area (Å²) >= 11 is 0. The Bertz CT molecular complexity index is 495. The summed E-state index contributed by atoms with van der Waals surface area (Å²) < 4.78 is 13.6. The lowest BCUT2D eigenvalue weighted by Gasteiger charge is -2.24. The van der Waals surface area contributed by atoms with Gasteiger partial charge in [-0.1, -0.05) is 25.1 Å². The molecule has 1 unspecified atom stereocenters. The van der Waals surface area contributed by atoms with Crippen molar-refractivity contribution < 1.29 is 4.39 Å². The first-order valence-electron chi connectivity index (χ1n) is 8.24. The van der Waals surface area contributed by atoms with Crippen LogP contribution in [0.5, 0.6) is 0 Å². The van der Waals surface area contributed by atoms with Crippen molar-refractivity contribution >= 4 is 29.9 Å². The van der Waals surface area contributed by atoms with Crippen LogP contribution in [-0.2, 0) is 6.54 Å². The number of benzene rings is 1. The standard InChI is InChI=1S/C17H27FN4.HI/c1-3-19-17(20-12-14-8-5-6-10-16(14)18)21-13-15-9-7-11-22(15)4-2;/h5-6,8,10,15H,3-4,7,9,11-13H2,1-2H3,(H2,19,20,21);1H. The van der Waals surface area contributed by atoms with Crippen LogP contribution in [-0.4, -0.2) is 43.1 Å². The minimum atomic E-state index is -0.199. The van der Waals surface area contributed by atoms with Gasteiger partial charge in [0.05, 0.1) is 6.54 Å². The van der Waals surface area contributed by atoms with Crippen LogP contribution in [0, 0.1) is 5.82 Å². The van der Waals surface area contributed by atoms with Gasteiger partial charge in [-0.2, -0.15) is 0 Å². The van der Waals surface area contributed by atoms with Gasteiger partial charge in [0.25, 0.3) is 0 Å². The molecule has 2 rings (SSSR count). The Balaban J connectivity index is 0.00000264. The van der Waals surface area contributed by atoms with Crippen molar-refractivity contribution in [2.45, 2.75) is 39.3 Å². The monoisotopic (exact) mass is 434 g/mol. The largest absolute Gasteiger partial charge is 0.357 e.